The Morgan fingerprint density at radius 3 is 2.50 bits per heavy atom. The lowest BCUT2D eigenvalue weighted by Gasteiger charge is -2.10. The highest BCUT2D eigenvalue weighted by Gasteiger charge is 2.06. The van der Waals surface area contributed by atoms with E-state index in [-0.39, 0.29) is 0 Å². The number of aldehydes is 1. The lowest BCUT2D eigenvalue weighted by Crippen LogP contribution is -1.97. The van der Waals surface area contributed by atoms with Gasteiger partial charge < -0.3 is 4.79 Å². The first-order valence-electron chi connectivity index (χ1n) is 4.37. The summed E-state index contributed by atoms with van der Waals surface area (Å²) in [6, 6.07) is 10.2. The highest BCUT2D eigenvalue weighted by molar-refractivity contribution is 5.51. The van der Waals surface area contributed by atoms with Crippen LogP contribution in [0.2, 0.25) is 0 Å². The second kappa shape index (κ2) is 4.70. The first-order chi connectivity index (χ1) is 5.88. The molecule has 0 aliphatic rings. The summed E-state index contributed by atoms with van der Waals surface area (Å²) in [6.45, 7) is 2.11. The molecule has 1 aromatic rings. The molecule has 0 spiro atoms. The molecule has 1 aromatic carbocycles. The smallest absolute Gasteiger partial charge is 0.120 e. The summed E-state index contributed by atoms with van der Waals surface area (Å²) in [5.41, 5.74) is 1.27. The lowest BCUT2D eigenvalue weighted by molar-refractivity contribution is -0.108. The average molecular weight is 162 g/mol. The summed E-state index contributed by atoms with van der Waals surface area (Å²) < 4.78 is 0. The summed E-state index contributed by atoms with van der Waals surface area (Å²) in [4.78, 5) is 10.3. The Balaban J connectivity index is 2.72. The minimum absolute atomic E-state index is 0.406. The molecule has 1 heteroatoms. The quantitative estimate of drug-likeness (QED) is 0.622. The summed E-state index contributed by atoms with van der Waals surface area (Å²) in [6.07, 6.45) is 2.67. The van der Waals surface area contributed by atoms with E-state index in [1.54, 1.807) is 0 Å². The number of benzene rings is 1. The predicted octanol–water partition coefficient (Wildman–Crippen LogP) is 2.77. The summed E-state index contributed by atoms with van der Waals surface area (Å²) in [5.74, 6) is 0.406. The number of hydrogen-bond donors (Lipinski definition) is 0. The molecule has 1 atom stereocenters. The van der Waals surface area contributed by atoms with Gasteiger partial charge in [0.1, 0.15) is 6.29 Å². The van der Waals surface area contributed by atoms with Crippen LogP contribution >= 0.6 is 0 Å². The number of hydrogen-bond acceptors (Lipinski definition) is 1. The van der Waals surface area contributed by atoms with E-state index in [2.05, 4.69) is 19.1 Å². The monoisotopic (exact) mass is 162 g/mol. The average Bonchev–Trinajstić information content (AvgIpc) is 2.15. The third kappa shape index (κ3) is 2.19. The highest BCUT2D eigenvalue weighted by atomic mass is 16.1. The second-order valence-corrected chi connectivity index (χ2v) is 2.92. The third-order valence-electron chi connectivity index (χ3n) is 2.14. The third-order valence-corrected chi connectivity index (χ3v) is 2.14. The Hall–Kier alpha value is -1.11. The molecule has 0 bridgehead atoms. The van der Waals surface area contributed by atoms with E-state index in [4.69, 9.17) is 0 Å². The van der Waals surface area contributed by atoms with Crippen molar-refractivity contribution < 1.29 is 4.79 Å². The Labute approximate surface area is 73.4 Å². The standard InChI is InChI=1S/C11H14O/c1-2-10(8-9-12)11-6-4-3-5-7-11/h3-7,9-10H,2,8H2,1H3/t10-/m0/s1. The minimum atomic E-state index is 0.406. The number of carbonyl (C=O) groups excluding carboxylic acids is 1. The zero-order chi connectivity index (χ0) is 8.81. The van der Waals surface area contributed by atoms with Crippen molar-refractivity contribution in [1.29, 1.82) is 0 Å². The number of carbonyl (C=O) groups is 1. The number of rotatable bonds is 4. The van der Waals surface area contributed by atoms with Crippen LogP contribution in [0.3, 0.4) is 0 Å². The molecule has 0 saturated heterocycles. The molecule has 0 N–H and O–H groups in total. The van der Waals surface area contributed by atoms with Gasteiger partial charge in [-0.3, -0.25) is 0 Å². The maximum atomic E-state index is 10.3. The molecule has 1 nitrogen and oxygen atoms in total. The second-order valence-electron chi connectivity index (χ2n) is 2.92. The Morgan fingerprint density at radius 1 is 1.33 bits per heavy atom. The van der Waals surface area contributed by atoms with Gasteiger partial charge in [0.2, 0.25) is 0 Å². The van der Waals surface area contributed by atoms with E-state index >= 15 is 0 Å². The summed E-state index contributed by atoms with van der Waals surface area (Å²) >= 11 is 0. The van der Waals surface area contributed by atoms with Gasteiger partial charge in [-0.15, -0.1) is 0 Å². The summed E-state index contributed by atoms with van der Waals surface area (Å²) in [7, 11) is 0. The molecule has 0 amide bonds. The molecular weight excluding hydrogens is 148 g/mol. The van der Waals surface area contributed by atoms with Crippen molar-refractivity contribution in [2.24, 2.45) is 0 Å². The molecule has 0 unspecified atom stereocenters. The maximum Gasteiger partial charge on any atom is 0.120 e. The SMILES string of the molecule is CC[C@@H](CC=O)c1ccccc1. The zero-order valence-electron chi connectivity index (χ0n) is 7.36. The van der Waals surface area contributed by atoms with Gasteiger partial charge in [-0.2, -0.15) is 0 Å². The van der Waals surface area contributed by atoms with Gasteiger partial charge in [0.15, 0.2) is 0 Å². The van der Waals surface area contributed by atoms with Crippen LogP contribution in [0, 0.1) is 0 Å². The van der Waals surface area contributed by atoms with E-state index in [9.17, 15) is 4.79 Å². The molecule has 0 saturated carbocycles. The van der Waals surface area contributed by atoms with Gasteiger partial charge in [-0.1, -0.05) is 37.3 Å². The van der Waals surface area contributed by atoms with Crippen molar-refractivity contribution in [2.45, 2.75) is 25.7 Å². The molecule has 12 heavy (non-hydrogen) atoms. The van der Waals surface area contributed by atoms with Crippen LogP contribution in [-0.2, 0) is 4.79 Å². The molecule has 0 heterocycles. The van der Waals surface area contributed by atoms with Crippen molar-refractivity contribution in [1.82, 2.24) is 0 Å². The van der Waals surface area contributed by atoms with E-state index < -0.39 is 0 Å². The van der Waals surface area contributed by atoms with E-state index in [0.717, 1.165) is 12.7 Å². The lowest BCUT2D eigenvalue weighted by atomic mass is 9.94. The van der Waals surface area contributed by atoms with Gasteiger partial charge >= 0.3 is 0 Å². The van der Waals surface area contributed by atoms with E-state index in [0.29, 0.717) is 12.3 Å². The van der Waals surface area contributed by atoms with Crippen molar-refractivity contribution in [2.75, 3.05) is 0 Å². The topological polar surface area (TPSA) is 17.1 Å². The molecule has 0 fully saturated rings. The molecular formula is C11H14O. The van der Waals surface area contributed by atoms with Gasteiger partial charge in [0.25, 0.3) is 0 Å². The Kier molecular flexibility index (Phi) is 3.52. The van der Waals surface area contributed by atoms with Crippen LogP contribution in [0.5, 0.6) is 0 Å². The highest BCUT2D eigenvalue weighted by Crippen LogP contribution is 2.21. The van der Waals surface area contributed by atoms with Crippen molar-refractivity contribution in [3.8, 4) is 0 Å². The maximum absolute atomic E-state index is 10.3. The van der Waals surface area contributed by atoms with Crippen molar-refractivity contribution in [3.05, 3.63) is 35.9 Å². The first kappa shape index (κ1) is 8.98. The van der Waals surface area contributed by atoms with Crippen LogP contribution in [0.15, 0.2) is 30.3 Å². The molecule has 0 aliphatic carbocycles. The molecule has 0 aliphatic heterocycles. The largest absolute Gasteiger partial charge is 0.303 e. The fraction of sp³-hybridized carbons (Fsp3) is 0.364. The fourth-order valence-electron chi connectivity index (χ4n) is 1.38. The Morgan fingerprint density at radius 2 is 2.00 bits per heavy atom. The summed E-state index contributed by atoms with van der Waals surface area (Å²) in [5, 5.41) is 0. The molecule has 0 radical (unpaired) electrons. The van der Waals surface area contributed by atoms with Crippen LogP contribution in [0.4, 0.5) is 0 Å². The normalized spacial score (nSPS) is 12.4. The van der Waals surface area contributed by atoms with E-state index in [1.165, 1.54) is 5.56 Å². The van der Waals surface area contributed by atoms with Crippen LogP contribution in [-0.4, -0.2) is 6.29 Å². The molecule has 64 valence electrons. The van der Waals surface area contributed by atoms with Gasteiger partial charge in [0, 0.05) is 6.42 Å². The molecule has 0 aromatic heterocycles. The van der Waals surface area contributed by atoms with Crippen LogP contribution < -0.4 is 0 Å². The van der Waals surface area contributed by atoms with Crippen LogP contribution in [0.1, 0.15) is 31.2 Å². The zero-order valence-corrected chi connectivity index (χ0v) is 7.36. The van der Waals surface area contributed by atoms with Crippen LogP contribution in [0.25, 0.3) is 0 Å². The molecule has 1 rings (SSSR count). The predicted molar refractivity (Wildman–Crippen MR) is 50.2 cm³/mol. The van der Waals surface area contributed by atoms with Gasteiger partial charge in [-0.25, -0.2) is 0 Å². The fourth-order valence-corrected chi connectivity index (χ4v) is 1.38. The van der Waals surface area contributed by atoms with E-state index in [1.807, 2.05) is 18.2 Å². The first-order valence-corrected chi connectivity index (χ1v) is 4.37. The van der Waals surface area contributed by atoms with Gasteiger partial charge in [0.05, 0.1) is 0 Å². The van der Waals surface area contributed by atoms with Crippen molar-refractivity contribution >= 4 is 6.29 Å². The van der Waals surface area contributed by atoms with Crippen molar-refractivity contribution in [3.63, 3.8) is 0 Å². The van der Waals surface area contributed by atoms with Gasteiger partial charge in [-0.05, 0) is 17.9 Å². The minimum Gasteiger partial charge on any atom is -0.303 e. The Bertz CT molecular complexity index is 228.